The van der Waals surface area contributed by atoms with Gasteiger partial charge in [0.05, 0.1) is 5.56 Å². The minimum Gasteiger partial charge on any atom is -0.480 e. The topological polar surface area (TPSA) is 74.6 Å². The Morgan fingerprint density at radius 2 is 1.31 bits per heavy atom. The van der Waals surface area contributed by atoms with Crippen molar-refractivity contribution in [3.8, 4) is 11.1 Å². The van der Waals surface area contributed by atoms with Crippen LogP contribution in [0.15, 0.2) is 127 Å². The molecule has 2 N–H and O–H groups in total. The van der Waals surface area contributed by atoms with Crippen molar-refractivity contribution in [1.29, 1.82) is 0 Å². The zero-order valence-electron chi connectivity index (χ0n) is 19.4. The van der Waals surface area contributed by atoms with Gasteiger partial charge in [0.25, 0.3) is 0 Å². The van der Waals surface area contributed by atoms with Crippen LogP contribution < -0.4 is 0 Å². The summed E-state index contributed by atoms with van der Waals surface area (Å²) in [5.41, 5.74) is 3.83. The second-order valence-electron chi connectivity index (χ2n) is 8.82. The Morgan fingerprint density at radius 1 is 0.694 bits per heavy atom. The standard InChI is InChI=1S/C32H24O4/c33-30(34)25-16-17-27(28(20-25)22-10-4-1-5-11-22)24-18-19-32(31(35)36,26-14-8-3-9-15-26)29(21-24)23-12-6-2-7-13-23/h1-21,29H,(H,33,34)(H,35,36). The SMILES string of the molecule is O=C(O)c1ccc(C2=CC(c3ccccc3)C(C(=O)O)(c3ccccc3)C=C2)c(-c2ccccc2)c1. The molecule has 1 aliphatic rings. The molecule has 0 bridgehead atoms. The molecule has 0 heterocycles. The van der Waals surface area contributed by atoms with Crippen LogP contribution in [0.3, 0.4) is 0 Å². The van der Waals surface area contributed by atoms with Gasteiger partial charge in [0.1, 0.15) is 5.41 Å². The third-order valence-electron chi connectivity index (χ3n) is 6.79. The van der Waals surface area contributed by atoms with Crippen LogP contribution in [0, 0.1) is 0 Å². The average Bonchev–Trinajstić information content (AvgIpc) is 2.93. The first-order valence-corrected chi connectivity index (χ1v) is 11.7. The minimum absolute atomic E-state index is 0.196. The number of aliphatic carboxylic acids is 1. The second kappa shape index (κ2) is 9.51. The van der Waals surface area contributed by atoms with Crippen molar-refractivity contribution < 1.29 is 19.8 Å². The van der Waals surface area contributed by atoms with E-state index in [4.69, 9.17) is 0 Å². The smallest absolute Gasteiger partial charge is 0.335 e. The second-order valence-corrected chi connectivity index (χ2v) is 8.82. The lowest BCUT2D eigenvalue weighted by molar-refractivity contribution is -0.142. The number of benzene rings is 4. The lowest BCUT2D eigenvalue weighted by atomic mass is 9.64. The van der Waals surface area contributed by atoms with Crippen molar-refractivity contribution in [2.24, 2.45) is 0 Å². The predicted molar refractivity (Wildman–Crippen MR) is 141 cm³/mol. The Balaban J connectivity index is 1.74. The van der Waals surface area contributed by atoms with Gasteiger partial charge in [0, 0.05) is 5.92 Å². The van der Waals surface area contributed by atoms with Crippen molar-refractivity contribution in [2.75, 3.05) is 0 Å². The maximum Gasteiger partial charge on any atom is 0.335 e. The molecule has 2 unspecified atom stereocenters. The van der Waals surface area contributed by atoms with Gasteiger partial charge < -0.3 is 10.2 Å². The molecule has 0 fully saturated rings. The maximum atomic E-state index is 13.0. The van der Waals surface area contributed by atoms with Crippen LogP contribution in [-0.2, 0) is 10.2 Å². The summed E-state index contributed by atoms with van der Waals surface area (Å²) in [6.45, 7) is 0. The van der Waals surface area contributed by atoms with Gasteiger partial charge in [-0.25, -0.2) is 4.79 Å². The number of hydrogen-bond donors (Lipinski definition) is 2. The molecule has 0 spiro atoms. The molecule has 0 aliphatic heterocycles. The summed E-state index contributed by atoms with van der Waals surface area (Å²) in [6.07, 6.45) is 5.62. The minimum atomic E-state index is -1.29. The Bertz CT molecular complexity index is 1470. The zero-order chi connectivity index (χ0) is 25.1. The van der Waals surface area contributed by atoms with Crippen molar-refractivity contribution in [3.05, 3.63) is 150 Å². The fourth-order valence-corrected chi connectivity index (χ4v) is 4.99. The van der Waals surface area contributed by atoms with E-state index in [1.165, 1.54) is 0 Å². The molecule has 0 saturated carbocycles. The summed E-state index contributed by atoms with van der Waals surface area (Å²) in [7, 11) is 0. The number of carboxylic acids is 2. The van der Waals surface area contributed by atoms with E-state index in [2.05, 4.69) is 0 Å². The maximum absolute atomic E-state index is 13.0. The zero-order valence-corrected chi connectivity index (χ0v) is 19.4. The van der Waals surface area contributed by atoms with E-state index in [0.717, 1.165) is 27.8 Å². The molecule has 1 aliphatic carbocycles. The van der Waals surface area contributed by atoms with Gasteiger partial charge in [-0.3, -0.25) is 4.79 Å². The van der Waals surface area contributed by atoms with E-state index in [9.17, 15) is 19.8 Å². The Morgan fingerprint density at radius 3 is 1.92 bits per heavy atom. The molecule has 0 aromatic heterocycles. The molecule has 4 nitrogen and oxygen atoms in total. The van der Waals surface area contributed by atoms with Gasteiger partial charge in [-0.2, -0.15) is 0 Å². The van der Waals surface area contributed by atoms with Crippen LogP contribution in [0.4, 0.5) is 0 Å². The number of carboxylic acid groups (broad SMARTS) is 2. The highest BCUT2D eigenvalue weighted by Gasteiger charge is 2.47. The molecule has 0 amide bonds. The van der Waals surface area contributed by atoms with Gasteiger partial charge in [0.15, 0.2) is 0 Å². The molecular weight excluding hydrogens is 448 g/mol. The summed E-state index contributed by atoms with van der Waals surface area (Å²) in [5.74, 6) is -2.41. The third kappa shape index (κ3) is 4.03. The van der Waals surface area contributed by atoms with Crippen molar-refractivity contribution in [3.63, 3.8) is 0 Å². The van der Waals surface area contributed by atoms with Gasteiger partial charge in [0.2, 0.25) is 0 Å². The molecule has 2 atom stereocenters. The predicted octanol–water partition coefficient (Wildman–Crippen LogP) is 6.81. The van der Waals surface area contributed by atoms with Crippen LogP contribution in [0.25, 0.3) is 16.7 Å². The molecular formula is C32H24O4. The number of allylic oxidation sites excluding steroid dienone is 3. The molecule has 0 radical (unpaired) electrons. The summed E-state index contributed by atoms with van der Waals surface area (Å²) in [6, 6.07) is 33.6. The van der Waals surface area contributed by atoms with E-state index in [1.807, 2.05) is 103 Å². The monoisotopic (exact) mass is 472 g/mol. The molecule has 0 saturated heterocycles. The van der Waals surface area contributed by atoms with Crippen molar-refractivity contribution >= 4 is 17.5 Å². The van der Waals surface area contributed by atoms with Crippen LogP contribution in [0.1, 0.15) is 33.0 Å². The highest BCUT2D eigenvalue weighted by Crippen LogP contribution is 2.47. The normalized spacial score (nSPS) is 18.9. The molecule has 4 aromatic rings. The quantitative estimate of drug-likeness (QED) is 0.323. The molecule has 176 valence electrons. The highest BCUT2D eigenvalue weighted by molar-refractivity contribution is 5.96. The number of carbonyl (C=O) groups is 2. The first-order chi connectivity index (χ1) is 17.5. The summed E-state index contributed by atoms with van der Waals surface area (Å²) >= 11 is 0. The van der Waals surface area contributed by atoms with Gasteiger partial charge in [-0.05, 0) is 45.5 Å². The van der Waals surface area contributed by atoms with Crippen LogP contribution in [0.2, 0.25) is 0 Å². The lowest BCUT2D eigenvalue weighted by Crippen LogP contribution is -2.40. The number of rotatable bonds is 6. The van der Waals surface area contributed by atoms with Crippen LogP contribution in [-0.4, -0.2) is 22.2 Å². The molecule has 36 heavy (non-hydrogen) atoms. The average molecular weight is 473 g/mol. The first-order valence-electron chi connectivity index (χ1n) is 11.7. The molecule has 4 heteroatoms. The van der Waals surface area contributed by atoms with Crippen molar-refractivity contribution in [2.45, 2.75) is 11.3 Å². The summed E-state index contributed by atoms with van der Waals surface area (Å²) in [4.78, 5) is 24.7. The fourth-order valence-electron chi connectivity index (χ4n) is 4.99. The Hall–Kier alpha value is -4.70. The summed E-state index contributed by atoms with van der Waals surface area (Å²) < 4.78 is 0. The first kappa shape index (κ1) is 23.1. The largest absolute Gasteiger partial charge is 0.480 e. The third-order valence-corrected chi connectivity index (χ3v) is 6.79. The highest BCUT2D eigenvalue weighted by atomic mass is 16.4. The van der Waals surface area contributed by atoms with E-state index in [0.29, 0.717) is 5.56 Å². The summed E-state index contributed by atoms with van der Waals surface area (Å²) in [5, 5.41) is 20.2. The van der Waals surface area contributed by atoms with E-state index in [-0.39, 0.29) is 5.56 Å². The van der Waals surface area contributed by atoms with Crippen LogP contribution >= 0.6 is 0 Å². The van der Waals surface area contributed by atoms with Crippen molar-refractivity contribution in [1.82, 2.24) is 0 Å². The van der Waals surface area contributed by atoms with Crippen LogP contribution in [0.5, 0.6) is 0 Å². The van der Waals surface area contributed by atoms with E-state index < -0.39 is 23.3 Å². The Labute approximate surface area is 209 Å². The van der Waals surface area contributed by atoms with E-state index >= 15 is 0 Å². The lowest BCUT2D eigenvalue weighted by Gasteiger charge is -2.37. The number of aromatic carboxylic acids is 1. The van der Waals surface area contributed by atoms with E-state index in [1.54, 1.807) is 24.3 Å². The van der Waals surface area contributed by atoms with Gasteiger partial charge in [-0.15, -0.1) is 0 Å². The fraction of sp³-hybridized carbons (Fsp3) is 0.0625. The molecule has 4 aromatic carbocycles. The van der Waals surface area contributed by atoms with Gasteiger partial charge >= 0.3 is 11.9 Å². The number of hydrogen-bond acceptors (Lipinski definition) is 2. The molecule has 5 rings (SSSR count). The van der Waals surface area contributed by atoms with Gasteiger partial charge in [-0.1, -0.05) is 115 Å². The Kier molecular flexibility index (Phi) is 6.09.